The van der Waals surface area contributed by atoms with E-state index in [4.69, 9.17) is 14.3 Å². The molecule has 1 fully saturated rings. The normalized spacial score (nSPS) is 22.4. The Morgan fingerprint density at radius 3 is 2.35 bits per heavy atom. The van der Waals surface area contributed by atoms with Gasteiger partial charge in [-0.1, -0.05) is 0 Å². The first-order valence-corrected chi connectivity index (χ1v) is 6.01. The molecule has 2 N–H and O–H groups in total. The highest BCUT2D eigenvalue weighted by Gasteiger charge is 2.49. The van der Waals surface area contributed by atoms with Gasteiger partial charge in [0.2, 0.25) is 0 Å². The molecule has 0 bridgehead atoms. The zero-order valence-electron chi connectivity index (χ0n) is 11.2. The van der Waals surface area contributed by atoms with Crippen LogP contribution in [0.25, 0.3) is 0 Å². The molecule has 0 amide bonds. The van der Waals surface area contributed by atoms with Gasteiger partial charge in [-0.25, -0.2) is 4.84 Å². The van der Waals surface area contributed by atoms with Crippen molar-refractivity contribution in [1.82, 2.24) is 10.4 Å². The molecule has 1 unspecified atom stereocenters. The molecule has 1 heterocycles. The van der Waals surface area contributed by atoms with Gasteiger partial charge in [0.15, 0.2) is 0 Å². The van der Waals surface area contributed by atoms with E-state index in [-0.39, 0.29) is 0 Å². The first-order valence-electron chi connectivity index (χ1n) is 6.01. The molecule has 0 aliphatic carbocycles. The molecule has 0 aromatic carbocycles. The first-order chi connectivity index (χ1) is 7.95. The Bertz CT molecular complexity index is 232. The van der Waals surface area contributed by atoms with E-state index in [1.165, 1.54) is 7.11 Å². The van der Waals surface area contributed by atoms with Crippen LogP contribution < -0.4 is 5.32 Å². The lowest BCUT2D eigenvalue weighted by Crippen LogP contribution is -2.60. The lowest BCUT2D eigenvalue weighted by molar-refractivity contribution is -0.477. The summed E-state index contributed by atoms with van der Waals surface area (Å²) >= 11 is 0. The quantitative estimate of drug-likeness (QED) is 0.642. The summed E-state index contributed by atoms with van der Waals surface area (Å²) in [6.07, 6.45) is 0. The molecular weight excluding hydrogens is 224 g/mol. The largest absolute Gasteiger partial charge is 0.367 e. The molecule has 102 valence electrons. The summed E-state index contributed by atoms with van der Waals surface area (Å²) in [5.41, 5.74) is -0.943. The summed E-state index contributed by atoms with van der Waals surface area (Å²) in [5.74, 6) is -1.78. The van der Waals surface area contributed by atoms with Crippen LogP contribution >= 0.6 is 0 Å². The second-order valence-corrected chi connectivity index (χ2v) is 4.50. The highest BCUT2D eigenvalue weighted by Crippen LogP contribution is 2.29. The van der Waals surface area contributed by atoms with E-state index >= 15 is 0 Å². The Labute approximate surface area is 103 Å². The SMILES string of the molecule is CCOC(C)(C)C(O)(OC)ON1CCNCC1. The second-order valence-electron chi connectivity index (χ2n) is 4.50. The van der Waals surface area contributed by atoms with Crippen LogP contribution in [0.1, 0.15) is 20.8 Å². The third-order valence-electron chi connectivity index (χ3n) is 2.87. The number of rotatable bonds is 6. The number of aliphatic hydroxyl groups is 1. The minimum Gasteiger partial charge on any atom is -0.367 e. The number of nitrogens with zero attached hydrogens (tertiary/aromatic N) is 1. The summed E-state index contributed by atoms with van der Waals surface area (Å²) < 4.78 is 10.6. The average molecular weight is 248 g/mol. The molecule has 0 spiro atoms. The van der Waals surface area contributed by atoms with Gasteiger partial charge in [0.25, 0.3) is 0 Å². The van der Waals surface area contributed by atoms with E-state index in [0.717, 1.165) is 13.1 Å². The minimum atomic E-state index is -1.78. The standard InChI is InChI=1S/C11H24N2O4/c1-5-16-10(2,3)11(14,15-4)17-13-8-6-12-7-9-13/h12,14H,5-9H2,1-4H3. The molecule has 1 atom stereocenters. The first kappa shape index (κ1) is 14.8. The van der Waals surface area contributed by atoms with E-state index in [1.54, 1.807) is 18.9 Å². The van der Waals surface area contributed by atoms with Crippen molar-refractivity contribution in [3.05, 3.63) is 0 Å². The maximum Gasteiger partial charge on any atom is 0.326 e. The van der Waals surface area contributed by atoms with Crippen molar-refractivity contribution in [3.8, 4) is 0 Å². The van der Waals surface area contributed by atoms with Gasteiger partial charge < -0.3 is 19.9 Å². The van der Waals surface area contributed by atoms with Gasteiger partial charge in [0.05, 0.1) is 0 Å². The molecule has 0 aromatic heterocycles. The molecule has 1 saturated heterocycles. The second kappa shape index (κ2) is 6.08. The number of piperazine rings is 1. The van der Waals surface area contributed by atoms with E-state index in [0.29, 0.717) is 19.7 Å². The predicted molar refractivity (Wildman–Crippen MR) is 63.2 cm³/mol. The molecule has 1 aliphatic heterocycles. The molecular formula is C11H24N2O4. The molecule has 1 rings (SSSR count). The topological polar surface area (TPSA) is 63.2 Å². The molecule has 6 nitrogen and oxygen atoms in total. The molecule has 0 saturated carbocycles. The van der Waals surface area contributed by atoms with E-state index in [1.807, 2.05) is 6.92 Å². The number of methoxy groups -OCH3 is 1. The molecule has 17 heavy (non-hydrogen) atoms. The molecule has 0 aromatic rings. The van der Waals surface area contributed by atoms with Crippen LogP contribution in [0.2, 0.25) is 0 Å². The number of hydroxylamine groups is 2. The third kappa shape index (κ3) is 3.61. The fourth-order valence-corrected chi connectivity index (χ4v) is 1.76. The zero-order chi connectivity index (χ0) is 12.9. The average Bonchev–Trinajstić information content (AvgIpc) is 2.30. The van der Waals surface area contributed by atoms with E-state index in [2.05, 4.69) is 5.32 Å². The summed E-state index contributed by atoms with van der Waals surface area (Å²) in [6.45, 7) is 8.88. The summed E-state index contributed by atoms with van der Waals surface area (Å²) in [6, 6.07) is 0. The molecule has 0 radical (unpaired) electrons. The van der Waals surface area contributed by atoms with Crippen molar-refractivity contribution in [2.75, 3.05) is 39.9 Å². The highest BCUT2D eigenvalue weighted by molar-refractivity contribution is 4.80. The van der Waals surface area contributed by atoms with Gasteiger partial charge in [-0.2, -0.15) is 5.06 Å². The maximum atomic E-state index is 10.4. The third-order valence-corrected chi connectivity index (χ3v) is 2.87. The summed E-state index contributed by atoms with van der Waals surface area (Å²) in [7, 11) is 1.41. The molecule has 6 heteroatoms. The van der Waals surface area contributed by atoms with Crippen molar-refractivity contribution >= 4 is 0 Å². The van der Waals surface area contributed by atoms with Crippen LogP contribution in [0.3, 0.4) is 0 Å². The Morgan fingerprint density at radius 1 is 1.29 bits per heavy atom. The predicted octanol–water partition coefficient (Wildman–Crippen LogP) is -0.0692. The van der Waals surface area contributed by atoms with Gasteiger partial charge in [0.1, 0.15) is 5.60 Å². The number of nitrogens with one attached hydrogen (secondary N) is 1. The fourth-order valence-electron chi connectivity index (χ4n) is 1.76. The molecule has 1 aliphatic rings. The van der Waals surface area contributed by atoms with Crippen LogP contribution in [0.4, 0.5) is 0 Å². The van der Waals surface area contributed by atoms with Gasteiger partial charge in [-0.3, -0.25) is 0 Å². The Balaban J connectivity index is 2.65. The van der Waals surface area contributed by atoms with Gasteiger partial charge in [-0.05, 0) is 20.8 Å². The van der Waals surface area contributed by atoms with Crippen LogP contribution in [0.5, 0.6) is 0 Å². The smallest absolute Gasteiger partial charge is 0.326 e. The van der Waals surface area contributed by atoms with E-state index < -0.39 is 11.6 Å². The zero-order valence-corrected chi connectivity index (χ0v) is 11.2. The van der Waals surface area contributed by atoms with Crippen LogP contribution in [0, 0.1) is 0 Å². The lowest BCUT2D eigenvalue weighted by atomic mass is 10.1. The van der Waals surface area contributed by atoms with Crippen LogP contribution in [-0.4, -0.2) is 61.6 Å². The maximum absolute atomic E-state index is 10.4. The lowest BCUT2D eigenvalue weighted by Gasteiger charge is -2.42. The van der Waals surface area contributed by atoms with Crippen molar-refractivity contribution in [2.24, 2.45) is 0 Å². The van der Waals surface area contributed by atoms with Crippen molar-refractivity contribution in [3.63, 3.8) is 0 Å². The number of ether oxygens (including phenoxy) is 2. The Hall–Kier alpha value is -0.240. The minimum absolute atomic E-state index is 0.476. The number of hydrogen-bond donors (Lipinski definition) is 2. The van der Waals surface area contributed by atoms with Gasteiger partial charge >= 0.3 is 5.97 Å². The summed E-state index contributed by atoms with van der Waals surface area (Å²) in [4.78, 5) is 5.55. The highest BCUT2D eigenvalue weighted by atomic mass is 16.9. The van der Waals surface area contributed by atoms with Gasteiger partial charge in [-0.15, -0.1) is 0 Å². The summed E-state index contributed by atoms with van der Waals surface area (Å²) in [5, 5.41) is 15.3. The van der Waals surface area contributed by atoms with Crippen LogP contribution in [0.15, 0.2) is 0 Å². The Morgan fingerprint density at radius 2 is 1.88 bits per heavy atom. The van der Waals surface area contributed by atoms with Gasteiger partial charge in [0, 0.05) is 39.9 Å². The van der Waals surface area contributed by atoms with Crippen molar-refractivity contribution < 1.29 is 19.4 Å². The van der Waals surface area contributed by atoms with Crippen molar-refractivity contribution in [2.45, 2.75) is 32.3 Å². The Kier molecular flexibility index (Phi) is 5.30. The fraction of sp³-hybridized carbons (Fsp3) is 1.00. The van der Waals surface area contributed by atoms with E-state index in [9.17, 15) is 5.11 Å². The van der Waals surface area contributed by atoms with Crippen LogP contribution in [-0.2, 0) is 14.3 Å². The van der Waals surface area contributed by atoms with Crippen molar-refractivity contribution in [1.29, 1.82) is 0 Å². The monoisotopic (exact) mass is 248 g/mol. The number of hydrogen-bond acceptors (Lipinski definition) is 6.